The average Bonchev–Trinajstić information content (AvgIpc) is 2.79. The Kier molecular flexibility index (Phi) is 7.35. The molecule has 33 heavy (non-hydrogen) atoms. The highest BCUT2D eigenvalue weighted by Crippen LogP contribution is 2.38. The largest absolute Gasteiger partial charge is 0.490 e. The highest BCUT2D eigenvalue weighted by molar-refractivity contribution is 7.80. The molecule has 1 aliphatic heterocycles. The van der Waals surface area contributed by atoms with Crippen LogP contribution in [0.2, 0.25) is 5.02 Å². The van der Waals surface area contributed by atoms with E-state index in [2.05, 4.69) is 0 Å². The van der Waals surface area contributed by atoms with Crippen LogP contribution in [0.3, 0.4) is 0 Å². The number of likely N-dealkylation sites (N-methyl/N-ethyl adjacent to an activating group) is 2. The van der Waals surface area contributed by atoms with E-state index in [-0.39, 0.29) is 27.9 Å². The molecule has 1 heterocycles. The molecule has 0 atom stereocenters. The number of nitrogens with zero attached hydrogens (tertiary/aromatic N) is 2. The summed E-state index contributed by atoms with van der Waals surface area (Å²) < 4.78 is 11.5. The Morgan fingerprint density at radius 3 is 2.24 bits per heavy atom. The lowest BCUT2D eigenvalue weighted by molar-refractivity contribution is -0.132. The van der Waals surface area contributed by atoms with Crippen LogP contribution in [0.1, 0.15) is 28.4 Å². The van der Waals surface area contributed by atoms with Crippen LogP contribution in [0.15, 0.2) is 42.0 Å². The number of carboxylic acid groups (broad SMARTS) is 1. The number of aromatic carboxylic acids is 1. The van der Waals surface area contributed by atoms with E-state index in [9.17, 15) is 14.4 Å². The fourth-order valence-electron chi connectivity index (χ4n) is 3.12. The van der Waals surface area contributed by atoms with Gasteiger partial charge in [-0.2, -0.15) is 0 Å². The molecule has 0 spiro atoms. The van der Waals surface area contributed by atoms with Crippen LogP contribution >= 0.6 is 23.8 Å². The van der Waals surface area contributed by atoms with Crippen molar-refractivity contribution >= 4 is 52.8 Å². The van der Waals surface area contributed by atoms with Crippen molar-refractivity contribution < 1.29 is 29.0 Å². The van der Waals surface area contributed by atoms with Crippen molar-refractivity contribution in [1.29, 1.82) is 0 Å². The van der Waals surface area contributed by atoms with Crippen molar-refractivity contribution in [3.05, 3.63) is 63.7 Å². The van der Waals surface area contributed by atoms with Gasteiger partial charge in [0.15, 0.2) is 16.6 Å². The number of hydrogen-bond acceptors (Lipinski definition) is 6. The second kappa shape index (κ2) is 10.0. The fraction of sp³-hybridized carbons (Fsp3) is 0.217. The second-order valence-electron chi connectivity index (χ2n) is 7.12. The molecule has 0 aliphatic carbocycles. The van der Waals surface area contributed by atoms with Crippen molar-refractivity contribution in [2.75, 3.05) is 20.7 Å². The van der Waals surface area contributed by atoms with Gasteiger partial charge in [-0.05, 0) is 60.6 Å². The number of thiocarbonyl (C=S) groups is 1. The Bertz CT molecular complexity index is 1140. The van der Waals surface area contributed by atoms with E-state index in [0.717, 1.165) is 5.56 Å². The minimum Gasteiger partial charge on any atom is -0.490 e. The van der Waals surface area contributed by atoms with Crippen molar-refractivity contribution in [1.82, 2.24) is 9.80 Å². The van der Waals surface area contributed by atoms with Gasteiger partial charge in [0.1, 0.15) is 12.2 Å². The highest BCUT2D eigenvalue weighted by atomic mass is 35.5. The molecule has 0 radical (unpaired) electrons. The van der Waals surface area contributed by atoms with Gasteiger partial charge < -0.3 is 14.6 Å². The Morgan fingerprint density at radius 1 is 1.09 bits per heavy atom. The number of rotatable bonds is 7. The second-order valence-corrected chi connectivity index (χ2v) is 7.90. The SMILES string of the molecule is CCOc1cc(C=C2C(=O)N(C)C(=S)N(C)C2=O)cc(Cl)c1OCc1ccc(C(=O)O)cc1. The smallest absolute Gasteiger partial charge is 0.335 e. The molecule has 2 aromatic rings. The van der Waals surface area contributed by atoms with E-state index >= 15 is 0 Å². The summed E-state index contributed by atoms with van der Waals surface area (Å²) in [6, 6.07) is 9.45. The van der Waals surface area contributed by atoms with Crippen LogP contribution in [0.25, 0.3) is 6.08 Å². The first kappa shape index (κ1) is 24.2. The summed E-state index contributed by atoms with van der Waals surface area (Å²) in [6.07, 6.45) is 1.43. The first-order chi connectivity index (χ1) is 15.6. The molecule has 0 saturated carbocycles. The Hall–Kier alpha value is -3.43. The average molecular weight is 489 g/mol. The zero-order valence-electron chi connectivity index (χ0n) is 18.1. The van der Waals surface area contributed by atoms with E-state index in [1.807, 2.05) is 0 Å². The van der Waals surface area contributed by atoms with E-state index in [0.29, 0.717) is 23.7 Å². The van der Waals surface area contributed by atoms with E-state index in [4.69, 9.17) is 38.4 Å². The number of carbonyl (C=O) groups excluding carboxylic acids is 2. The molecule has 1 N–H and O–H groups in total. The van der Waals surface area contributed by atoms with Gasteiger partial charge in [0.2, 0.25) is 0 Å². The number of amides is 2. The molecule has 2 aromatic carbocycles. The molecule has 0 unspecified atom stereocenters. The van der Waals surface area contributed by atoms with Gasteiger partial charge in [0.05, 0.1) is 17.2 Å². The number of carbonyl (C=O) groups is 3. The maximum atomic E-state index is 12.6. The Morgan fingerprint density at radius 2 is 1.70 bits per heavy atom. The van der Waals surface area contributed by atoms with Gasteiger partial charge in [-0.1, -0.05) is 23.7 Å². The minimum atomic E-state index is -1.01. The molecular formula is C23H21ClN2O6S. The summed E-state index contributed by atoms with van der Waals surface area (Å²) in [6.45, 7) is 2.26. The highest BCUT2D eigenvalue weighted by Gasteiger charge is 2.35. The Labute approximate surface area is 200 Å². The third-order valence-electron chi connectivity index (χ3n) is 4.87. The fourth-order valence-corrected chi connectivity index (χ4v) is 3.55. The van der Waals surface area contributed by atoms with Crippen molar-refractivity contribution in [3.63, 3.8) is 0 Å². The van der Waals surface area contributed by atoms with Gasteiger partial charge in [0, 0.05) is 14.1 Å². The molecule has 2 amide bonds. The minimum absolute atomic E-state index is 0.0562. The number of benzene rings is 2. The molecule has 1 fully saturated rings. The number of ether oxygens (including phenoxy) is 2. The number of hydrogen-bond donors (Lipinski definition) is 1. The molecule has 1 saturated heterocycles. The first-order valence-electron chi connectivity index (χ1n) is 9.87. The van der Waals surface area contributed by atoms with Gasteiger partial charge in [-0.15, -0.1) is 0 Å². The zero-order chi connectivity index (χ0) is 24.3. The van der Waals surface area contributed by atoms with E-state index in [1.165, 1.54) is 42.1 Å². The van der Waals surface area contributed by atoms with Crippen LogP contribution in [0, 0.1) is 0 Å². The predicted octanol–water partition coefficient (Wildman–Crippen LogP) is 3.61. The lowest BCUT2D eigenvalue weighted by Gasteiger charge is -2.31. The van der Waals surface area contributed by atoms with Crippen molar-refractivity contribution in [2.24, 2.45) is 0 Å². The monoisotopic (exact) mass is 488 g/mol. The van der Waals surface area contributed by atoms with Crippen LogP contribution in [0.5, 0.6) is 11.5 Å². The third-order valence-corrected chi connectivity index (χ3v) is 5.70. The molecule has 3 rings (SSSR count). The van der Waals surface area contributed by atoms with Crippen molar-refractivity contribution in [3.8, 4) is 11.5 Å². The summed E-state index contributed by atoms with van der Waals surface area (Å²) in [7, 11) is 3.00. The topological polar surface area (TPSA) is 96.4 Å². The zero-order valence-corrected chi connectivity index (χ0v) is 19.7. The molecule has 0 bridgehead atoms. The summed E-state index contributed by atoms with van der Waals surface area (Å²) in [4.78, 5) is 38.6. The summed E-state index contributed by atoms with van der Waals surface area (Å²) in [5.41, 5.74) is 1.34. The van der Waals surface area contributed by atoms with Gasteiger partial charge in [0.25, 0.3) is 11.8 Å². The summed E-state index contributed by atoms with van der Waals surface area (Å²) in [5, 5.41) is 9.36. The molecule has 172 valence electrons. The van der Waals surface area contributed by atoms with Gasteiger partial charge in [-0.25, -0.2) is 4.79 Å². The van der Waals surface area contributed by atoms with Crippen LogP contribution in [-0.2, 0) is 16.2 Å². The molecular weight excluding hydrogens is 468 g/mol. The standard InChI is InChI=1S/C23H21ClN2O6S/c1-4-31-18-11-14(9-16-20(27)25(2)23(33)26(3)21(16)28)10-17(24)19(18)32-12-13-5-7-15(8-6-13)22(29)30/h5-11H,4,12H2,1-3H3,(H,29,30). The van der Waals surface area contributed by atoms with E-state index in [1.54, 1.807) is 31.2 Å². The van der Waals surface area contributed by atoms with Crippen LogP contribution in [0.4, 0.5) is 0 Å². The number of halogens is 1. The normalized spacial score (nSPS) is 13.9. The maximum absolute atomic E-state index is 12.6. The first-order valence-corrected chi connectivity index (χ1v) is 10.7. The number of carboxylic acids is 1. The third kappa shape index (κ3) is 5.15. The van der Waals surface area contributed by atoms with Crippen LogP contribution in [-0.4, -0.2) is 58.5 Å². The van der Waals surface area contributed by atoms with Crippen molar-refractivity contribution in [2.45, 2.75) is 13.5 Å². The maximum Gasteiger partial charge on any atom is 0.335 e. The lowest BCUT2D eigenvalue weighted by atomic mass is 10.1. The molecule has 0 aromatic heterocycles. The van der Waals surface area contributed by atoms with Crippen LogP contribution < -0.4 is 9.47 Å². The quantitative estimate of drug-likeness (QED) is 0.361. The Balaban J connectivity index is 1.90. The molecule has 10 heteroatoms. The van der Waals surface area contributed by atoms with E-state index < -0.39 is 17.8 Å². The van der Waals surface area contributed by atoms with Gasteiger partial charge >= 0.3 is 5.97 Å². The molecule has 8 nitrogen and oxygen atoms in total. The summed E-state index contributed by atoms with van der Waals surface area (Å²) in [5.74, 6) is -1.40. The predicted molar refractivity (Wildman–Crippen MR) is 126 cm³/mol. The van der Waals surface area contributed by atoms with Gasteiger partial charge in [-0.3, -0.25) is 19.4 Å². The lowest BCUT2D eigenvalue weighted by Crippen LogP contribution is -2.52. The summed E-state index contributed by atoms with van der Waals surface area (Å²) >= 11 is 11.6. The molecule has 1 aliphatic rings.